The summed E-state index contributed by atoms with van der Waals surface area (Å²) >= 11 is 0. The lowest BCUT2D eigenvalue weighted by molar-refractivity contribution is 0.289. The molecule has 1 rings (SSSR count). The third-order valence-electron chi connectivity index (χ3n) is 2.56. The lowest BCUT2D eigenvalue weighted by Gasteiger charge is -2.17. The van der Waals surface area contributed by atoms with Crippen LogP contribution >= 0.6 is 0 Å². The van der Waals surface area contributed by atoms with Crippen LogP contribution in [0.2, 0.25) is 0 Å². The van der Waals surface area contributed by atoms with Gasteiger partial charge in [-0.05, 0) is 38.0 Å². The summed E-state index contributed by atoms with van der Waals surface area (Å²) in [5.74, 6) is 0. The molecule has 0 heterocycles. The predicted molar refractivity (Wildman–Crippen MR) is 79.2 cm³/mol. The zero-order valence-electron chi connectivity index (χ0n) is 11.7. The predicted octanol–water partition coefficient (Wildman–Crippen LogP) is 4.46. The molecule has 0 unspecified atom stereocenters. The summed E-state index contributed by atoms with van der Waals surface area (Å²) in [6.07, 6.45) is 4.40. The standard InChI is InChI=1S/C8H19N.C8H8/c1-4-7-9(6-3)8-5-2;1-2-8-6-4-3-5-7-8/h4-8H2,1-3H3;2-7H,1H2. The first-order chi connectivity index (χ1) is 8.28. The molecule has 0 spiro atoms. The molecule has 1 nitrogen and oxygen atoms in total. The van der Waals surface area contributed by atoms with E-state index < -0.39 is 0 Å². The van der Waals surface area contributed by atoms with Crippen LogP contribution in [0.15, 0.2) is 36.9 Å². The van der Waals surface area contributed by atoms with E-state index in [0.717, 1.165) is 0 Å². The SMILES string of the molecule is C=Cc1ccccc1.CCCN(CC)CCC. The van der Waals surface area contributed by atoms with Crippen molar-refractivity contribution in [2.45, 2.75) is 33.6 Å². The highest BCUT2D eigenvalue weighted by Gasteiger charge is 1.95. The van der Waals surface area contributed by atoms with Crippen LogP contribution in [-0.2, 0) is 0 Å². The van der Waals surface area contributed by atoms with Crippen LogP contribution in [0.5, 0.6) is 0 Å². The molecule has 0 saturated heterocycles. The molecule has 0 atom stereocenters. The van der Waals surface area contributed by atoms with Crippen molar-refractivity contribution < 1.29 is 0 Å². The summed E-state index contributed by atoms with van der Waals surface area (Å²) in [6, 6.07) is 10.0. The van der Waals surface area contributed by atoms with Gasteiger partial charge in [-0.25, -0.2) is 0 Å². The van der Waals surface area contributed by atoms with Gasteiger partial charge in [0.05, 0.1) is 0 Å². The van der Waals surface area contributed by atoms with Crippen LogP contribution in [-0.4, -0.2) is 24.5 Å². The van der Waals surface area contributed by atoms with Crippen LogP contribution in [0.4, 0.5) is 0 Å². The largest absolute Gasteiger partial charge is 0.304 e. The van der Waals surface area contributed by atoms with Crippen molar-refractivity contribution in [3.8, 4) is 0 Å². The topological polar surface area (TPSA) is 3.24 Å². The molecule has 0 bridgehead atoms. The molecule has 0 saturated carbocycles. The molecular weight excluding hydrogens is 206 g/mol. The molecule has 1 aromatic carbocycles. The maximum atomic E-state index is 3.63. The summed E-state index contributed by atoms with van der Waals surface area (Å²) in [7, 11) is 0. The third kappa shape index (κ3) is 8.70. The van der Waals surface area contributed by atoms with Gasteiger partial charge in [-0.15, -0.1) is 0 Å². The molecule has 0 aromatic heterocycles. The van der Waals surface area contributed by atoms with E-state index in [4.69, 9.17) is 0 Å². The normalized spacial score (nSPS) is 9.65. The average Bonchev–Trinajstić information content (AvgIpc) is 2.40. The molecular formula is C16H27N. The van der Waals surface area contributed by atoms with Gasteiger partial charge in [-0.3, -0.25) is 0 Å². The summed E-state index contributed by atoms with van der Waals surface area (Å²) in [5.41, 5.74) is 1.17. The highest BCUT2D eigenvalue weighted by molar-refractivity contribution is 5.45. The second-order valence-corrected chi connectivity index (χ2v) is 4.05. The molecule has 0 aliphatic carbocycles. The van der Waals surface area contributed by atoms with Gasteiger partial charge in [0.15, 0.2) is 0 Å². The zero-order valence-corrected chi connectivity index (χ0v) is 11.7. The first-order valence-corrected chi connectivity index (χ1v) is 6.68. The number of nitrogens with zero attached hydrogens (tertiary/aromatic N) is 1. The van der Waals surface area contributed by atoms with Crippen LogP contribution < -0.4 is 0 Å². The Balaban J connectivity index is 0.000000302. The van der Waals surface area contributed by atoms with Gasteiger partial charge in [0.25, 0.3) is 0 Å². The van der Waals surface area contributed by atoms with Crippen molar-refractivity contribution in [2.24, 2.45) is 0 Å². The van der Waals surface area contributed by atoms with E-state index in [9.17, 15) is 0 Å². The number of hydrogen-bond acceptors (Lipinski definition) is 1. The van der Waals surface area contributed by atoms with Gasteiger partial charge in [0.1, 0.15) is 0 Å². The number of rotatable bonds is 6. The van der Waals surface area contributed by atoms with Gasteiger partial charge in [-0.1, -0.05) is 63.8 Å². The lowest BCUT2D eigenvalue weighted by Crippen LogP contribution is -2.24. The van der Waals surface area contributed by atoms with E-state index in [2.05, 4.69) is 32.3 Å². The molecule has 96 valence electrons. The first-order valence-electron chi connectivity index (χ1n) is 6.68. The fourth-order valence-electron chi connectivity index (χ4n) is 1.65. The molecule has 0 N–H and O–H groups in total. The monoisotopic (exact) mass is 233 g/mol. The van der Waals surface area contributed by atoms with E-state index in [1.54, 1.807) is 0 Å². The molecule has 0 aliphatic heterocycles. The van der Waals surface area contributed by atoms with Gasteiger partial charge in [0, 0.05) is 0 Å². The van der Waals surface area contributed by atoms with Crippen LogP contribution in [0.3, 0.4) is 0 Å². The minimum atomic E-state index is 1.17. The average molecular weight is 233 g/mol. The molecule has 0 amide bonds. The zero-order chi connectivity index (χ0) is 12.9. The third-order valence-corrected chi connectivity index (χ3v) is 2.56. The van der Waals surface area contributed by atoms with Crippen molar-refractivity contribution in [1.82, 2.24) is 4.90 Å². The van der Waals surface area contributed by atoms with Crippen LogP contribution in [0, 0.1) is 0 Å². The fourth-order valence-corrected chi connectivity index (χ4v) is 1.65. The minimum absolute atomic E-state index is 1.17. The Hall–Kier alpha value is -1.08. The molecule has 17 heavy (non-hydrogen) atoms. The lowest BCUT2D eigenvalue weighted by atomic mass is 10.2. The fraction of sp³-hybridized carbons (Fsp3) is 0.500. The van der Waals surface area contributed by atoms with E-state index in [0.29, 0.717) is 0 Å². The van der Waals surface area contributed by atoms with Gasteiger partial charge in [-0.2, -0.15) is 0 Å². The van der Waals surface area contributed by atoms with E-state index in [1.165, 1.54) is 38.0 Å². The molecule has 1 aromatic rings. The van der Waals surface area contributed by atoms with Gasteiger partial charge < -0.3 is 4.90 Å². The maximum absolute atomic E-state index is 3.63. The van der Waals surface area contributed by atoms with E-state index >= 15 is 0 Å². The second kappa shape index (κ2) is 11.4. The minimum Gasteiger partial charge on any atom is -0.304 e. The summed E-state index contributed by atoms with van der Waals surface area (Å²) < 4.78 is 0. The number of hydrogen-bond donors (Lipinski definition) is 0. The first kappa shape index (κ1) is 15.9. The van der Waals surface area contributed by atoms with E-state index in [-0.39, 0.29) is 0 Å². The smallest absolute Gasteiger partial charge is 0.00215 e. The summed E-state index contributed by atoms with van der Waals surface area (Å²) in [6.45, 7) is 14.1. The highest BCUT2D eigenvalue weighted by atomic mass is 15.1. The summed E-state index contributed by atoms with van der Waals surface area (Å²) in [5, 5.41) is 0. The van der Waals surface area contributed by atoms with Crippen molar-refractivity contribution in [3.05, 3.63) is 42.5 Å². The van der Waals surface area contributed by atoms with Crippen molar-refractivity contribution in [3.63, 3.8) is 0 Å². The van der Waals surface area contributed by atoms with Crippen molar-refractivity contribution in [2.75, 3.05) is 19.6 Å². The molecule has 0 aliphatic rings. The highest BCUT2D eigenvalue weighted by Crippen LogP contribution is 1.97. The van der Waals surface area contributed by atoms with Crippen molar-refractivity contribution in [1.29, 1.82) is 0 Å². The van der Waals surface area contributed by atoms with Gasteiger partial charge >= 0.3 is 0 Å². The Morgan fingerprint density at radius 3 is 1.82 bits per heavy atom. The Morgan fingerprint density at radius 2 is 1.53 bits per heavy atom. The Kier molecular flexibility index (Phi) is 10.7. The Labute approximate surface area is 107 Å². The number of benzene rings is 1. The maximum Gasteiger partial charge on any atom is -0.00215 e. The molecule has 0 radical (unpaired) electrons. The van der Waals surface area contributed by atoms with Crippen molar-refractivity contribution >= 4 is 6.08 Å². The quantitative estimate of drug-likeness (QED) is 0.701. The second-order valence-electron chi connectivity index (χ2n) is 4.05. The van der Waals surface area contributed by atoms with Gasteiger partial charge in [0.2, 0.25) is 0 Å². The molecule has 1 heteroatoms. The van der Waals surface area contributed by atoms with Crippen LogP contribution in [0.25, 0.3) is 6.08 Å². The Bertz CT molecular complexity index is 260. The molecule has 0 fully saturated rings. The summed E-state index contributed by atoms with van der Waals surface area (Å²) in [4.78, 5) is 2.49. The Morgan fingerprint density at radius 1 is 1.00 bits per heavy atom. The van der Waals surface area contributed by atoms with E-state index in [1.807, 2.05) is 36.4 Å². The van der Waals surface area contributed by atoms with Crippen LogP contribution in [0.1, 0.15) is 39.2 Å².